The minimum atomic E-state index is -0.942. The molecule has 72 valence electrons. The van der Waals surface area contributed by atoms with E-state index >= 15 is 0 Å². The van der Waals surface area contributed by atoms with Gasteiger partial charge in [-0.05, 0) is 18.2 Å². The predicted octanol–water partition coefficient (Wildman–Crippen LogP) is 2.00. The molecule has 0 bridgehead atoms. The maximum Gasteiger partial charge on any atom is 0.129 e. The van der Waals surface area contributed by atoms with E-state index in [-0.39, 0.29) is 18.6 Å². The Morgan fingerprint density at radius 3 is 2.77 bits per heavy atom. The monoisotopic (exact) mass is 248 g/mol. The lowest BCUT2D eigenvalue weighted by Crippen LogP contribution is -2.02. The molecule has 13 heavy (non-hydrogen) atoms. The molecule has 0 aliphatic rings. The fourth-order valence-corrected chi connectivity index (χ4v) is 1.43. The van der Waals surface area contributed by atoms with Crippen molar-refractivity contribution >= 4 is 15.9 Å². The molecule has 0 aromatic heterocycles. The highest BCUT2D eigenvalue weighted by Gasteiger charge is 2.12. The molecule has 0 aliphatic carbocycles. The first kappa shape index (κ1) is 10.6. The van der Waals surface area contributed by atoms with Gasteiger partial charge in [-0.2, -0.15) is 0 Å². The van der Waals surface area contributed by atoms with Crippen LogP contribution in [-0.4, -0.2) is 16.8 Å². The number of halogens is 2. The van der Waals surface area contributed by atoms with Gasteiger partial charge in [-0.1, -0.05) is 15.9 Å². The van der Waals surface area contributed by atoms with Crippen LogP contribution in [0.5, 0.6) is 0 Å². The van der Waals surface area contributed by atoms with E-state index in [0.29, 0.717) is 4.47 Å². The summed E-state index contributed by atoms with van der Waals surface area (Å²) in [4.78, 5) is 0. The van der Waals surface area contributed by atoms with E-state index in [1.807, 2.05) is 0 Å². The quantitative estimate of drug-likeness (QED) is 0.860. The fourth-order valence-electron chi connectivity index (χ4n) is 1.05. The smallest absolute Gasteiger partial charge is 0.129 e. The summed E-state index contributed by atoms with van der Waals surface area (Å²) in [6.07, 6.45) is -0.796. The second-order valence-electron chi connectivity index (χ2n) is 2.69. The summed E-state index contributed by atoms with van der Waals surface area (Å²) in [5.41, 5.74) is 0.212. The molecule has 2 nitrogen and oxygen atoms in total. The van der Waals surface area contributed by atoms with Crippen LogP contribution in [-0.2, 0) is 0 Å². The molecule has 0 fully saturated rings. The van der Waals surface area contributed by atoms with Crippen LogP contribution in [0.3, 0.4) is 0 Å². The van der Waals surface area contributed by atoms with Gasteiger partial charge in [-0.15, -0.1) is 0 Å². The van der Waals surface area contributed by atoms with Crippen molar-refractivity contribution in [1.82, 2.24) is 0 Å². The summed E-state index contributed by atoms with van der Waals surface area (Å²) in [5.74, 6) is -0.454. The molecule has 0 amide bonds. The third-order valence-corrected chi connectivity index (χ3v) is 2.21. The van der Waals surface area contributed by atoms with Crippen molar-refractivity contribution in [3.8, 4) is 0 Å². The van der Waals surface area contributed by atoms with Gasteiger partial charge >= 0.3 is 0 Å². The van der Waals surface area contributed by atoms with E-state index in [1.54, 1.807) is 6.07 Å². The maximum absolute atomic E-state index is 13.1. The second-order valence-corrected chi connectivity index (χ2v) is 3.61. The number of rotatable bonds is 3. The van der Waals surface area contributed by atoms with Gasteiger partial charge in [0.05, 0.1) is 6.10 Å². The van der Waals surface area contributed by atoms with Gasteiger partial charge < -0.3 is 10.2 Å². The SMILES string of the molecule is OCCC(O)c1cc(Br)ccc1F. The molecular weight excluding hydrogens is 239 g/mol. The molecule has 0 saturated carbocycles. The molecule has 4 heteroatoms. The highest BCUT2D eigenvalue weighted by atomic mass is 79.9. The van der Waals surface area contributed by atoms with Crippen LogP contribution >= 0.6 is 15.9 Å². The van der Waals surface area contributed by atoms with E-state index in [2.05, 4.69) is 15.9 Å². The van der Waals surface area contributed by atoms with Crippen LogP contribution in [0, 0.1) is 5.82 Å². The average Bonchev–Trinajstić information content (AvgIpc) is 2.09. The molecule has 1 aromatic carbocycles. The van der Waals surface area contributed by atoms with Crippen molar-refractivity contribution in [1.29, 1.82) is 0 Å². The summed E-state index contributed by atoms with van der Waals surface area (Å²) in [7, 11) is 0. The van der Waals surface area contributed by atoms with E-state index in [9.17, 15) is 9.50 Å². The Hall–Kier alpha value is -0.450. The summed E-state index contributed by atoms with van der Waals surface area (Å²) >= 11 is 3.18. The molecule has 0 radical (unpaired) electrons. The molecule has 0 aliphatic heterocycles. The largest absolute Gasteiger partial charge is 0.396 e. The van der Waals surface area contributed by atoms with Gasteiger partial charge in [0.2, 0.25) is 0 Å². The minimum absolute atomic E-state index is 0.146. The Morgan fingerprint density at radius 2 is 2.15 bits per heavy atom. The van der Waals surface area contributed by atoms with Gasteiger partial charge in [0, 0.05) is 23.1 Å². The van der Waals surface area contributed by atoms with Crippen LogP contribution in [0.15, 0.2) is 22.7 Å². The van der Waals surface area contributed by atoms with Gasteiger partial charge in [-0.25, -0.2) is 4.39 Å². The molecule has 1 unspecified atom stereocenters. The standard InChI is InChI=1S/C9H10BrFO2/c10-6-1-2-8(11)7(5-6)9(13)3-4-12/h1-2,5,9,12-13H,3-4H2. The van der Waals surface area contributed by atoms with Crippen molar-refractivity contribution in [2.24, 2.45) is 0 Å². The van der Waals surface area contributed by atoms with Crippen molar-refractivity contribution in [3.63, 3.8) is 0 Å². The Labute approximate surface area is 84.1 Å². The van der Waals surface area contributed by atoms with E-state index in [0.717, 1.165) is 0 Å². The zero-order valence-electron chi connectivity index (χ0n) is 6.87. The molecule has 0 heterocycles. The Morgan fingerprint density at radius 1 is 1.46 bits per heavy atom. The lowest BCUT2D eigenvalue weighted by atomic mass is 10.1. The number of hydrogen-bond donors (Lipinski definition) is 2. The van der Waals surface area contributed by atoms with Gasteiger partial charge in [0.1, 0.15) is 5.82 Å². The lowest BCUT2D eigenvalue weighted by molar-refractivity contribution is 0.131. The van der Waals surface area contributed by atoms with Gasteiger partial charge in [0.25, 0.3) is 0 Å². The van der Waals surface area contributed by atoms with Gasteiger partial charge in [0.15, 0.2) is 0 Å². The highest BCUT2D eigenvalue weighted by Crippen LogP contribution is 2.23. The van der Waals surface area contributed by atoms with Crippen molar-refractivity contribution in [2.45, 2.75) is 12.5 Å². The van der Waals surface area contributed by atoms with E-state index in [4.69, 9.17) is 5.11 Å². The highest BCUT2D eigenvalue weighted by molar-refractivity contribution is 9.10. The average molecular weight is 249 g/mol. The molecular formula is C9H10BrFO2. The Bertz CT molecular complexity index is 291. The summed E-state index contributed by atoms with van der Waals surface area (Å²) in [6.45, 7) is -0.160. The van der Waals surface area contributed by atoms with Crippen molar-refractivity contribution < 1.29 is 14.6 Å². The summed E-state index contributed by atoms with van der Waals surface area (Å²) < 4.78 is 13.8. The van der Waals surface area contributed by atoms with Crippen LogP contribution in [0.25, 0.3) is 0 Å². The third kappa shape index (κ3) is 2.76. The first-order chi connectivity index (χ1) is 6.15. The number of aliphatic hydroxyl groups excluding tert-OH is 2. The Kier molecular flexibility index (Phi) is 3.84. The lowest BCUT2D eigenvalue weighted by Gasteiger charge is -2.10. The van der Waals surface area contributed by atoms with Crippen LogP contribution in [0.2, 0.25) is 0 Å². The summed E-state index contributed by atoms with van der Waals surface area (Å²) in [6, 6.07) is 4.35. The predicted molar refractivity (Wildman–Crippen MR) is 50.8 cm³/mol. The van der Waals surface area contributed by atoms with Crippen LogP contribution < -0.4 is 0 Å². The zero-order chi connectivity index (χ0) is 9.84. The van der Waals surface area contributed by atoms with E-state index in [1.165, 1.54) is 12.1 Å². The molecule has 1 atom stereocenters. The normalized spacial score (nSPS) is 12.9. The fraction of sp³-hybridized carbons (Fsp3) is 0.333. The first-order valence-corrected chi connectivity index (χ1v) is 4.68. The minimum Gasteiger partial charge on any atom is -0.396 e. The van der Waals surface area contributed by atoms with Crippen molar-refractivity contribution in [3.05, 3.63) is 34.1 Å². The topological polar surface area (TPSA) is 40.5 Å². The van der Waals surface area contributed by atoms with Crippen molar-refractivity contribution in [2.75, 3.05) is 6.61 Å². The molecule has 1 aromatic rings. The van der Waals surface area contributed by atoms with Crippen LogP contribution in [0.4, 0.5) is 4.39 Å². The molecule has 0 saturated heterocycles. The first-order valence-electron chi connectivity index (χ1n) is 3.89. The molecule has 1 rings (SSSR count). The maximum atomic E-state index is 13.1. The number of aliphatic hydroxyl groups is 2. The molecule has 0 spiro atoms. The molecule has 2 N–H and O–H groups in total. The van der Waals surface area contributed by atoms with E-state index < -0.39 is 11.9 Å². The number of benzene rings is 1. The zero-order valence-corrected chi connectivity index (χ0v) is 8.46. The number of hydrogen-bond acceptors (Lipinski definition) is 2. The summed E-state index contributed by atoms with van der Waals surface area (Å²) in [5, 5.41) is 18.0. The Balaban J connectivity index is 2.91. The van der Waals surface area contributed by atoms with Gasteiger partial charge in [-0.3, -0.25) is 0 Å². The third-order valence-electron chi connectivity index (χ3n) is 1.72. The van der Waals surface area contributed by atoms with Crippen LogP contribution in [0.1, 0.15) is 18.1 Å². The second kappa shape index (κ2) is 4.69.